The maximum absolute atomic E-state index is 10.3. The van der Waals surface area contributed by atoms with E-state index in [0.717, 1.165) is 17.6 Å². The lowest BCUT2D eigenvalue weighted by Crippen LogP contribution is -2.23. The van der Waals surface area contributed by atoms with Crippen LogP contribution in [-0.2, 0) is 11.2 Å². The third-order valence-corrected chi connectivity index (χ3v) is 1.81. The van der Waals surface area contributed by atoms with E-state index in [1.807, 2.05) is 52.0 Å². The first kappa shape index (κ1) is 18.0. The summed E-state index contributed by atoms with van der Waals surface area (Å²) in [4.78, 5) is 10.3. The predicted octanol–water partition coefficient (Wildman–Crippen LogP) is 2.82. The van der Waals surface area contributed by atoms with E-state index < -0.39 is 6.04 Å². The third-order valence-electron chi connectivity index (χ3n) is 1.81. The van der Waals surface area contributed by atoms with Crippen LogP contribution in [-0.4, -0.2) is 19.4 Å². The van der Waals surface area contributed by atoms with Crippen molar-refractivity contribution in [1.29, 1.82) is 0 Å². The van der Waals surface area contributed by atoms with Crippen LogP contribution in [0.3, 0.4) is 0 Å². The van der Waals surface area contributed by atoms with Crippen molar-refractivity contribution in [2.75, 3.05) is 7.11 Å². The van der Waals surface area contributed by atoms with Crippen molar-refractivity contribution in [2.45, 2.75) is 40.2 Å². The SMILES string of the molecule is CC.CC.COc1ccc(CC(N)C=O)cc1. The van der Waals surface area contributed by atoms with Crippen LogP contribution >= 0.6 is 0 Å². The Morgan fingerprint density at radius 3 is 2.00 bits per heavy atom. The van der Waals surface area contributed by atoms with Crippen molar-refractivity contribution in [1.82, 2.24) is 0 Å². The van der Waals surface area contributed by atoms with Crippen LogP contribution in [0.1, 0.15) is 33.3 Å². The van der Waals surface area contributed by atoms with Crippen molar-refractivity contribution in [3.8, 4) is 5.75 Å². The largest absolute Gasteiger partial charge is 0.497 e. The quantitative estimate of drug-likeness (QED) is 0.822. The molecule has 0 aliphatic rings. The highest BCUT2D eigenvalue weighted by Crippen LogP contribution is 2.11. The van der Waals surface area contributed by atoms with E-state index in [2.05, 4.69) is 0 Å². The van der Waals surface area contributed by atoms with Gasteiger partial charge in [0.2, 0.25) is 0 Å². The van der Waals surface area contributed by atoms with Crippen molar-refractivity contribution < 1.29 is 9.53 Å². The Balaban J connectivity index is 0. The van der Waals surface area contributed by atoms with Crippen LogP contribution in [0.2, 0.25) is 0 Å². The molecule has 17 heavy (non-hydrogen) atoms. The van der Waals surface area contributed by atoms with E-state index in [0.29, 0.717) is 6.42 Å². The Hall–Kier alpha value is -1.35. The van der Waals surface area contributed by atoms with Gasteiger partial charge in [-0.05, 0) is 24.1 Å². The molecule has 0 aliphatic heterocycles. The number of methoxy groups -OCH3 is 1. The van der Waals surface area contributed by atoms with Gasteiger partial charge in [0, 0.05) is 0 Å². The lowest BCUT2D eigenvalue weighted by Gasteiger charge is -2.04. The van der Waals surface area contributed by atoms with Gasteiger partial charge in [0.1, 0.15) is 12.0 Å². The Morgan fingerprint density at radius 1 is 1.18 bits per heavy atom. The number of nitrogens with two attached hydrogens (primary N) is 1. The van der Waals surface area contributed by atoms with E-state index in [1.54, 1.807) is 7.11 Å². The van der Waals surface area contributed by atoms with Crippen LogP contribution in [0.15, 0.2) is 24.3 Å². The van der Waals surface area contributed by atoms with Crippen molar-refractivity contribution in [3.63, 3.8) is 0 Å². The molecule has 1 aromatic rings. The summed E-state index contributed by atoms with van der Waals surface area (Å²) in [5.41, 5.74) is 6.52. The zero-order valence-electron chi connectivity index (χ0n) is 11.6. The molecule has 1 aromatic carbocycles. The number of ether oxygens (including phenoxy) is 1. The number of aldehydes is 1. The van der Waals surface area contributed by atoms with Crippen LogP contribution in [0.25, 0.3) is 0 Å². The first-order chi connectivity index (χ1) is 8.26. The summed E-state index contributed by atoms with van der Waals surface area (Å²) < 4.78 is 5.00. The molecule has 0 amide bonds. The average molecular weight is 239 g/mol. The van der Waals surface area contributed by atoms with E-state index >= 15 is 0 Å². The zero-order chi connectivity index (χ0) is 13.7. The molecule has 3 heteroatoms. The molecule has 0 fully saturated rings. The minimum absolute atomic E-state index is 0.409. The fourth-order valence-electron chi connectivity index (χ4n) is 1.08. The topological polar surface area (TPSA) is 52.3 Å². The molecule has 1 atom stereocenters. The number of rotatable bonds is 4. The van der Waals surface area contributed by atoms with E-state index in [-0.39, 0.29) is 0 Å². The van der Waals surface area contributed by atoms with Gasteiger partial charge < -0.3 is 15.3 Å². The molecule has 0 saturated carbocycles. The second-order valence-electron chi connectivity index (χ2n) is 2.85. The van der Waals surface area contributed by atoms with Crippen LogP contribution in [0.4, 0.5) is 0 Å². The van der Waals surface area contributed by atoms with Crippen LogP contribution in [0.5, 0.6) is 5.75 Å². The maximum Gasteiger partial charge on any atom is 0.137 e. The summed E-state index contributed by atoms with van der Waals surface area (Å²) in [7, 11) is 1.62. The smallest absolute Gasteiger partial charge is 0.137 e. The number of hydrogen-bond acceptors (Lipinski definition) is 3. The molecule has 0 aromatic heterocycles. The second kappa shape index (κ2) is 12.7. The molecule has 0 bridgehead atoms. The summed E-state index contributed by atoms with van der Waals surface area (Å²) in [6.45, 7) is 8.00. The summed E-state index contributed by atoms with van der Waals surface area (Å²) in [6.07, 6.45) is 1.33. The molecule has 98 valence electrons. The molecule has 1 rings (SSSR count). The molecule has 0 heterocycles. The fraction of sp³-hybridized carbons (Fsp3) is 0.500. The monoisotopic (exact) mass is 239 g/mol. The lowest BCUT2D eigenvalue weighted by atomic mass is 10.1. The van der Waals surface area contributed by atoms with Gasteiger partial charge in [-0.3, -0.25) is 0 Å². The Labute approximate surface area is 105 Å². The van der Waals surface area contributed by atoms with Crippen molar-refractivity contribution in [3.05, 3.63) is 29.8 Å². The number of carbonyl (C=O) groups excluding carboxylic acids is 1. The molecule has 0 spiro atoms. The van der Waals surface area contributed by atoms with Crippen molar-refractivity contribution >= 4 is 6.29 Å². The predicted molar refractivity (Wildman–Crippen MR) is 73.4 cm³/mol. The van der Waals surface area contributed by atoms with E-state index in [4.69, 9.17) is 10.5 Å². The van der Waals surface area contributed by atoms with Gasteiger partial charge in [0.25, 0.3) is 0 Å². The van der Waals surface area contributed by atoms with Gasteiger partial charge >= 0.3 is 0 Å². The second-order valence-corrected chi connectivity index (χ2v) is 2.85. The van der Waals surface area contributed by atoms with Gasteiger partial charge in [0.05, 0.1) is 13.2 Å². The highest BCUT2D eigenvalue weighted by Gasteiger charge is 2.01. The van der Waals surface area contributed by atoms with Gasteiger partial charge in [-0.1, -0.05) is 39.8 Å². The molecular formula is C14H25NO2. The number of hydrogen-bond donors (Lipinski definition) is 1. The summed E-state index contributed by atoms with van der Waals surface area (Å²) >= 11 is 0. The molecule has 1 unspecified atom stereocenters. The third kappa shape index (κ3) is 8.46. The lowest BCUT2D eigenvalue weighted by molar-refractivity contribution is -0.108. The summed E-state index contributed by atoms with van der Waals surface area (Å²) in [5.74, 6) is 0.809. The molecule has 0 saturated heterocycles. The van der Waals surface area contributed by atoms with Gasteiger partial charge in [-0.15, -0.1) is 0 Å². The zero-order valence-corrected chi connectivity index (χ0v) is 11.6. The highest BCUT2D eigenvalue weighted by molar-refractivity contribution is 5.57. The van der Waals surface area contributed by atoms with Crippen LogP contribution in [0, 0.1) is 0 Å². The highest BCUT2D eigenvalue weighted by atomic mass is 16.5. The average Bonchev–Trinajstić information content (AvgIpc) is 2.44. The molecule has 2 N–H and O–H groups in total. The minimum Gasteiger partial charge on any atom is -0.497 e. The molecular weight excluding hydrogens is 214 g/mol. The maximum atomic E-state index is 10.3. The summed E-state index contributed by atoms with van der Waals surface area (Å²) in [5, 5.41) is 0. The standard InChI is InChI=1S/C10H13NO2.2C2H6/c1-13-10-4-2-8(3-5-10)6-9(11)7-12;2*1-2/h2-5,7,9H,6,11H2,1H3;2*1-2H3. The minimum atomic E-state index is -0.409. The number of carbonyl (C=O) groups is 1. The van der Waals surface area contributed by atoms with Crippen molar-refractivity contribution in [2.24, 2.45) is 5.73 Å². The summed E-state index contributed by atoms with van der Waals surface area (Å²) in [6, 6.07) is 7.11. The van der Waals surface area contributed by atoms with Gasteiger partial charge in [0.15, 0.2) is 0 Å². The van der Waals surface area contributed by atoms with E-state index in [9.17, 15) is 4.79 Å². The normalized spacial score (nSPS) is 10.0. The van der Waals surface area contributed by atoms with E-state index in [1.165, 1.54) is 0 Å². The Bertz CT molecular complexity index is 270. The first-order valence-electron chi connectivity index (χ1n) is 6.10. The Kier molecular flexibility index (Phi) is 13.5. The number of benzene rings is 1. The molecule has 0 radical (unpaired) electrons. The Morgan fingerprint density at radius 2 is 1.65 bits per heavy atom. The molecule has 3 nitrogen and oxygen atoms in total. The van der Waals surface area contributed by atoms with Crippen LogP contribution < -0.4 is 10.5 Å². The van der Waals surface area contributed by atoms with Gasteiger partial charge in [-0.2, -0.15) is 0 Å². The first-order valence-corrected chi connectivity index (χ1v) is 6.10. The van der Waals surface area contributed by atoms with Gasteiger partial charge in [-0.25, -0.2) is 0 Å². The fourth-order valence-corrected chi connectivity index (χ4v) is 1.08. The molecule has 0 aliphatic carbocycles.